The lowest BCUT2D eigenvalue weighted by molar-refractivity contribution is -0.145. The number of nitrogens with zero attached hydrogens (tertiary/aromatic N) is 1. The van der Waals surface area contributed by atoms with Gasteiger partial charge in [0.05, 0.1) is 12.6 Å². The summed E-state index contributed by atoms with van der Waals surface area (Å²) in [6.07, 6.45) is 0.878. The number of ether oxygens (including phenoxy) is 2. The Kier molecular flexibility index (Phi) is 8.01. The maximum absolute atomic E-state index is 13.9. The average Bonchev–Trinajstić information content (AvgIpc) is 3.46. The third-order valence-corrected chi connectivity index (χ3v) is 7.47. The zero-order valence-corrected chi connectivity index (χ0v) is 23.0. The van der Waals surface area contributed by atoms with Crippen LogP contribution in [0, 0.1) is 5.92 Å². The largest absolute Gasteiger partial charge is 0.496 e. The fourth-order valence-corrected chi connectivity index (χ4v) is 5.71. The van der Waals surface area contributed by atoms with Crippen LogP contribution in [0.25, 0.3) is 11.1 Å². The van der Waals surface area contributed by atoms with E-state index in [-0.39, 0.29) is 24.9 Å². The van der Waals surface area contributed by atoms with Crippen LogP contribution in [0.4, 0.5) is 4.79 Å². The first-order chi connectivity index (χ1) is 19.4. The van der Waals surface area contributed by atoms with E-state index in [1.165, 1.54) is 11.0 Å². The van der Waals surface area contributed by atoms with Crippen LogP contribution < -0.4 is 5.32 Å². The first-order valence-electron chi connectivity index (χ1n) is 13.8. The summed E-state index contributed by atoms with van der Waals surface area (Å²) in [5.41, 5.74) is 5.32. The van der Waals surface area contributed by atoms with E-state index in [1.807, 2.05) is 75.4 Å². The molecule has 1 N–H and O–H groups in total. The van der Waals surface area contributed by atoms with Crippen molar-refractivity contribution < 1.29 is 23.9 Å². The summed E-state index contributed by atoms with van der Waals surface area (Å²) in [5.74, 6) is -0.646. The fourth-order valence-electron chi connectivity index (χ4n) is 5.71. The number of hydrogen-bond acceptors (Lipinski definition) is 5. The SMILES string of the molecule is CCOC1=CC(=O)N(C(=O)[C@H](Cc2ccccc2)NC(=O)OCC2c3ccccc3-c3ccccc32)[C@H]1C(C)C. The van der Waals surface area contributed by atoms with Gasteiger partial charge >= 0.3 is 6.09 Å². The number of fused-ring (bicyclic) bond motifs is 3. The molecule has 0 spiro atoms. The van der Waals surface area contributed by atoms with E-state index in [0.29, 0.717) is 12.4 Å². The molecule has 2 aliphatic rings. The first kappa shape index (κ1) is 27.2. The van der Waals surface area contributed by atoms with Gasteiger partial charge in [-0.3, -0.25) is 14.5 Å². The normalized spacial score (nSPS) is 16.8. The van der Waals surface area contributed by atoms with E-state index in [0.717, 1.165) is 27.8 Å². The molecule has 0 unspecified atom stereocenters. The summed E-state index contributed by atoms with van der Waals surface area (Å²) in [7, 11) is 0. The Hall–Kier alpha value is -4.39. The highest BCUT2D eigenvalue weighted by atomic mass is 16.5. The van der Waals surface area contributed by atoms with Crippen molar-refractivity contribution in [3.8, 4) is 11.1 Å². The van der Waals surface area contributed by atoms with Gasteiger partial charge in [-0.25, -0.2) is 4.79 Å². The molecule has 0 saturated heterocycles. The summed E-state index contributed by atoms with van der Waals surface area (Å²) in [6.45, 7) is 6.21. The number of alkyl carbamates (subject to hydrolysis) is 1. The van der Waals surface area contributed by atoms with E-state index in [1.54, 1.807) is 0 Å². The maximum atomic E-state index is 13.9. The van der Waals surface area contributed by atoms with Crippen LogP contribution >= 0.6 is 0 Å². The third-order valence-electron chi connectivity index (χ3n) is 7.47. The number of rotatable bonds is 9. The van der Waals surface area contributed by atoms with Crippen molar-refractivity contribution in [3.05, 3.63) is 107 Å². The molecule has 3 aromatic carbocycles. The molecule has 40 heavy (non-hydrogen) atoms. The second kappa shape index (κ2) is 11.8. The van der Waals surface area contributed by atoms with Crippen LogP contribution in [0.15, 0.2) is 90.7 Å². The zero-order valence-electron chi connectivity index (χ0n) is 23.0. The summed E-state index contributed by atoms with van der Waals surface area (Å²) >= 11 is 0. The summed E-state index contributed by atoms with van der Waals surface area (Å²) in [4.78, 5) is 41.3. The minimum Gasteiger partial charge on any atom is -0.496 e. The van der Waals surface area contributed by atoms with Gasteiger partial charge in [-0.15, -0.1) is 0 Å². The monoisotopic (exact) mass is 538 g/mol. The molecular weight excluding hydrogens is 504 g/mol. The first-order valence-corrected chi connectivity index (χ1v) is 13.8. The highest BCUT2D eigenvalue weighted by molar-refractivity contribution is 6.06. The number of nitrogens with one attached hydrogen (secondary N) is 1. The number of hydrogen-bond donors (Lipinski definition) is 1. The molecular formula is C33H34N2O5. The third kappa shape index (κ3) is 5.37. The molecule has 3 aromatic rings. The molecule has 0 saturated carbocycles. The van der Waals surface area contributed by atoms with Crippen LogP contribution in [-0.2, 0) is 25.5 Å². The second-order valence-electron chi connectivity index (χ2n) is 10.4. The van der Waals surface area contributed by atoms with Gasteiger partial charge in [-0.1, -0.05) is 92.7 Å². The molecule has 0 radical (unpaired) electrons. The Balaban J connectivity index is 1.34. The minimum atomic E-state index is -1.00. The summed E-state index contributed by atoms with van der Waals surface area (Å²) < 4.78 is 11.4. The van der Waals surface area contributed by atoms with Crippen molar-refractivity contribution in [2.24, 2.45) is 5.92 Å². The van der Waals surface area contributed by atoms with Gasteiger partial charge in [0.2, 0.25) is 0 Å². The molecule has 0 aromatic heterocycles. The van der Waals surface area contributed by atoms with Crippen LogP contribution in [0.2, 0.25) is 0 Å². The quantitative estimate of drug-likeness (QED) is 0.392. The summed E-state index contributed by atoms with van der Waals surface area (Å²) in [5, 5.41) is 2.77. The number of amides is 3. The molecule has 1 aliphatic carbocycles. The van der Waals surface area contributed by atoms with Crippen LogP contribution in [0.5, 0.6) is 0 Å². The highest BCUT2D eigenvalue weighted by Crippen LogP contribution is 2.44. The summed E-state index contributed by atoms with van der Waals surface area (Å²) in [6, 6.07) is 24.1. The minimum absolute atomic E-state index is 0.0694. The molecule has 0 bridgehead atoms. The average molecular weight is 539 g/mol. The Labute approximate surface area is 234 Å². The van der Waals surface area contributed by atoms with Crippen molar-refractivity contribution in [2.45, 2.75) is 45.2 Å². The standard InChI is InChI=1S/C33H34N2O5/c1-4-39-29-19-30(36)35(31(29)21(2)3)32(37)28(18-22-12-6-5-7-13-22)34-33(38)40-20-27-25-16-10-8-14-23(25)24-15-9-11-17-26(24)27/h5-17,19,21,27-28,31H,4,18,20H2,1-3H3,(H,34,38)/t28-,31-/m0/s1. The Morgan fingerprint density at radius 2 is 1.50 bits per heavy atom. The smallest absolute Gasteiger partial charge is 0.407 e. The van der Waals surface area contributed by atoms with Crippen LogP contribution in [-0.4, -0.2) is 48.1 Å². The van der Waals surface area contributed by atoms with E-state index >= 15 is 0 Å². The predicted octanol–water partition coefficient (Wildman–Crippen LogP) is 5.45. The molecule has 7 nitrogen and oxygen atoms in total. The topological polar surface area (TPSA) is 84.9 Å². The van der Waals surface area contributed by atoms with E-state index in [9.17, 15) is 14.4 Å². The van der Waals surface area contributed by atoms with Crippen molar-refractivity contribution in [3.63, 3.8) is 0 Å². The lowest BCUT2D eigenvalue weighted by atomic mass is 9.98. The Bertz CT molecular complexity index is 1390. The number of benzene rings is 3. The molecule has 5 rings (SSSR count). The van der Waals surface area contributed by atoms with E-state index < -0.39 is 30.0 Å². The molecule has 1 aliphatic heterocycles. The second-order valence-corrected chi connectivity index (χ2v) is 10.4. The molecule has 0 fully saturated rings. The van der Waals surface area contributed by atoms with Gasteiger partial charge in [-0.05, 0) is 40.7 Å². The Morgan fingerprint density at radius 1 is 0.900 bits per heavy atom. The number of carbonyl (C=O) groups is 3. The lowest BCUT2D eigenvalue weighted by Crippen LogP contribution is -2.54. The predicted molar refractivity (Wildman–Crippen MR) is 152 cm³/mol. The number of carbonyl (C=O) groups excluding carboxylic acids is 3. The van der Waals surface area contributed by atoms with Gasteiger partial charge in [-0.2, -0.15) is 0 Å². The Morgan fingerprint density at radius 3 is 2.10 bits per heavy atom. The number of imide groups is 1. The zero-order chi connectivity index (χ0) is 28.2. The molecule has 3 amide bonds. The van der Waals surface area contributed by atoms with Gasteiger partial charge in [0.15, 0.2) is 0 Å². The van der Waals surface area contributed by atoms with Crippen molar-refractivity contribution in [2.75, 3.05) is 13.2 Å². The van der Waals surface area contributed by atoms with Crippen LogP contribution in [0.3, 0.4) is 0 Å². The molecule has 206 valence electrons. The lowest BCUT2D eigenvalue weighted by Gasteiger charge is -2.31. The van der Waals surface area contributed by atoms with Gasteiger partial charge in [0.1, 0.15) is 18.4 Å². The molecule has 1 heterocycles. The van der Waals surface area contributed by atoms with E-state index in [2.05, 4.69) is 29.6 Å². The fraction of sp³-hybridized carbons (Fsp3) is 0.303. The molecule has 2 atom stereocenters. The van der Waals surface area contributed by atoms with Crippen molar-refractivity contribution in [1.29, 1.82) is 0 Å². The van der Waals surface area contributed by atoms with Crippen molar-refractivity contribution >= 4 is 17.9 Å². The molecule has 7 heteroatoms. The highest BCUT2D eigenvalue weighted by Gasteiger charge is 2.43. The van der Waals surface area contributed by atoms with Gasteiger partial charge < -0.3 is 14.8 Å². The van der Waals surface area contributed by atoms with Crippen LogP contribution in [0.1, 0.15) is 43.4 Å². The maximum Gasteiger partial charge on any atom is 0.407 e. The van der Waals surface area contributed by atoms with Gasteiger partial charge in [0.25, 0.3) is 11.8 Å². The van der Waals surface area contributed by atoms with Gasteiger partial charge in [0, 0.05) is 18.4 Å². The van der Waals surface area contributed by atoms with E-state index in [4.69, 9.17) is 9.47 Å². The van der Waals surface area contributed by atoms with Crippen molar-refractivity contribution in [1.82, 2.24) is 10.2 Å².